The molecule has 2 N–H and O–H groups in total. The first-order valence-corrected chi connectivity index (χ1v) is 19.3. The minimum atomic E-state index is -4.48. The Morgan fingerprint density at radius 3 is 2.25 bits per heavy atom. The minimum Gasteiger partial charge on any atom is -0.376 e. The van der Waals surface area contributed by atoms with E-state index < -0.39 is 43.2 Å². The first kappa shape index (κ1) is 39.6. The second-order valence-electron chi connectivity index (χ2n) is 12.9. The van der Waals surface area contributed by atoms with Gasteiger partial charge in [0.1, 0.15) is 5.69 Å². The van der Waals surface area contributed by atoms with Crippen LogP contribution in [-0.4, -0.2) is 87.7 Å². The highest BCUT2D eigenvalue weighted by Crippen LogP contribution is 2.33. The SMILES string of the molecule is CN(C)CC[C@H](CSc1ccccc1)Nc1ccc(S(=O)(=O)NC(=O)c2ccc(N3CCN(Cc4ccccc4C(F)(F)F)CC3)cc2)cc1[N+](=O)[O-]. The van der Waals surface area contributed by atoms with Crippen LogP contribution in [-0.2, 0) is 22.7 Å². The zero-order valence-corrected chi connectivity index (χ0v) is 30.9. The maximum atomic E-state index is 13.4. The van der Waals surface area contributed by atoms with E-state index in [1.165, 1.54) is 36.4 Å². The monoisotopic (exact) mass is 770 g/mol. The lowest BCUT2D eigenvalue weighted by molar-refractivity contribution is -0.384. The van der Waals surface area contributed by atoms with Crippen molar-refractivity contribution in [2.75, 3.05) is 62.8 Å². The Morgan fingerprint density at radius 2 is 1.60 bits per heavy atom. The molecule has 1 saturated heterocycles. The molecule has 0 radical (unpaired) electrons. The normalized spacial score (nSPS) is 14.6. The van der Waals surface area contributed by atoms with Gasteiger partial charge in [0.05, 0.1) is 15.4 Å². The largest absolute Gasteiger partial charge is 0.416 e. The van der Waals surface area contributed by atoms with E-state index in [1.807, 2.05) is 63.8 Å². The number of nitro groups is 1. The van der Waals surface area contributed by atoms with Crippen LogP contribution in [0.1, 0.15) is 27.9 Å². The number of hydrogen-bond acceptors (Lipinski definition) is 10. The topological polar surface area (TPSA) is 128 Å². The molecule has 0 aromatic heterocycles. The quantitative estimate of drug-likeness (QED) is 0.0778. The van der Waals surface area contributed by atoms with E-state index in [-0.39, 0.29) is 29.4 Å². The lowest BCUT2D eigenvalue weighted by atomic mass is 10.1. The van der Waals surface area contributed by atoms with Crippen molar-refractivity contribution in [1.82, 2.24) is 14.5 Å². The number of carbonyl (C=O) groups excluding carboxylic acids is 1. The average Bonchev–Trinajstić information content (AvgIpc) is 3.13. The molecule has 16 heteroatoms. The molecule has 4 aromatic rings. The van der Waals surface area contributed by atoms with Gasteiger partial charge in [-0.25, -0.2) is 13.1 Å². The van der Waals surface area contributed by atoms with Gasteiger partial charge in [0.25, 0.3) is 21.6 Å². The van der Waals surface area contributed by atoms with Gasteiger partial charge in [0.15, 0.2) is 0 Å². The lowest BCUT2D eigenvalue weighted by Crippen LogP contribution is -2.46. The fourth-order valence-electron chi connectivity index (χ4n) is 5.90. The highest BCUT2D eigenvalue weighted by Gasteiger charge is 2.33. The summed E-state index contributed by atoms with van der Waals surface area (Å²) in [5.41, 5.74) is 0.143. The smallest absolute Gasteiger partial charge is 0.376 e. The van der Waals surface area contributed by atoms with Gasteiger partial charge in [-0.15, -0.1) is 11.8 Å². The van der Waals surface area contributed by atoms with Crippen LogP contribution in [0.4, 0.5) is 30.2 Å². The van der Waals surface area contributed by atoms with E-state index in [9.17, 15) is 36.5 Å². The summed E-state index contributed by atoms with van der Waals surface area (Å²) in [6.07, 6.45) is -3.75. The Morgan fingerprint density at radius 1 is 0.943 bits per heavy atom. The number of rotatable bonds is 15. The van der Waals surface area contributed by atoms with Gasteiger partial charge in [-0.05, 0) is 87.2 Å². The highest BCUT2D eigenvalue weighted by atomic mass is 32.2. The first-order valence-electron chi connectivity index (χ1n) is 16.9. The number of halogens is 3. The van der Waals surface area contributed by atoms with Crippen LogP contribution in [0.15, 0.2) is 107 Å². The molecule has 1 heterocycles. The molecule has 0 saturated carbocycles. The average molecular weight is 771 g/mol. The van der Waals surface area contributed by atoms with Gasteiger partial charge >= 0.3 is 6.18 Å². The number of alkyl halides is 3. The summed E-state index contributed by atoms with van der Waals surface area (Å²) in [7, 11) is -0.611. The molecule has 0 bridgehead atoms. The Bertz CT molecular complexity index is 1980. The molecule has 11 nitrogen and oxygen atoms in total. The summed E-state index contributed by atoms with van der Waals surface area (Å²) >= 11 is 1.61. The van der Waals surface area contributed by atoms with Gasteiger partial charge in [0, 0.05) is 66.7 Å². The van der Waals surface area contributed by atoms with Crippen LogP contribution in [0.5, 0.6) is 0 Å². The fourth-order valence-corrected chi connectivity index (χ4v) is 7.89. The van der Waals surface area contributed by atoms with Gasteiger partial charge in [0.2, 0.25) is 0 Å². The molecule has 53 heavy (non-hydrogen) atoms. The molecule has 0 aliphatic carbocycles. The van der Waals surface area contributed by atoms with E-state index in [0.717, 1.165) is 29.3 Å². The molecule has 1 aliphatic heterocycles. The van der Waals surface area contributed by atoms with E-state index in [4.69, 9.17) is 0 Å². The second-order valence-corrected chi connectivity index (χ2v) is 15.7. The van der Waals surface area contributed by atoms with Crippen molar-refractivity contribution in [2.24, 2.45) is 0 Å². The van der Waals surface area contributed by atoms with Crippen LogP contribution in [0.25, 0.3) is 0 Å². The lowest BCUT2D eigenvalue weighted by Gasteiger charge is -2.36. The number of hydrogen-bond donors (Lipinski definition) is 2. The third-order valence-corrected chi connectivity index (χ3v) is 11.3. The third kappa shape index (κ3) is 10.9. The van der Waals surface area contributed by atoms with Crippen molar-refractivity contribution in [1.29, 1.82) is 0 Å². The maximum absolute atomic E-state index is 13.4. The summed E-state index contributed by atoms with van der Waals surface area (Å²) in [5.74, 6) is -0.295. The third-order valence-electron chi connectivity index (χ3n) is 8.77. The van der Waals surface area contributed by atoms with Crippen molar-refractivity contribution in [3.8, 4) is 0 Å². The number of anilines is 2. The van der Waals surface area contributed by atoms with Crippen LogP contribution >= 0.6 is 11.8 Å². The predicted octanol–water partition coefficient (Wildman–Crippen LogP) is 6.58. The van der Waals surface area contributed by atoms with Crippen molar-refractivity contribution in [2.45, 2.75) is 35.0 Å². The molecule has 4 aromatic carbocycles. The summed E-state index contributed by atoms with van der Waals surface area (Å²) in [6.45, 7) is 3.03. The molecular weight excluding hydrogens is 730 g/mol. The molecule has 5 rings (SSSR count). The fraction of sp³-hybridized carbons (Fsp3) is 0.324. The summed E-state index contributed by atoms with van der Waals surface area (Å²) in [4.78, 5) is 31.1. The number of nitrogens with one attached hydrogen (secondary N) is 2. The number of nitrogens with zero attached hydrogens (tertiary/aromatic N) is 4. The first-order chi connectivity index (χ1) is 25.2. The molecular formula is C37H41F3N6O5S2. The Hall–Kier alpha value is -4.64. The van der Waals surface area contributed by atoms with E-state index in [2.05, 4.69) is 5.32 Å². The summed E-state index contributed by atoms with van der Waals surface area (Å²) in [6, 6.07) is 24.9. The number of nitro benzene ring substituents is 1. The van der Waals surface area contributed by atoms with Gasteiger partial charge in [-0.3, -0.25) is 19.8 Å². The van der Waals surface area contributed by atoms with Gasteiger partial charge < -0.3 is 15.1 Å². The summed E-state index contributed by atoms with van der Waals surface area (Å²) in [5, 5.41) is 15.3. The van der Waals surface area contributed by atoms with E-state index >= 15 is 0 Å². The molecule has 1 amide bonds. The molecule has 1 atom stereocenters. The molecule has 0 unspecified atom stereocenters. The Labute approximate surface area is 311 Å². The van der Waals surface area contributed by atoms with Crippen LogP contribution < -0.4 is 14.9 Å². The summed E-state index contributed by atoms with van der Waals surface area (Å²) < 4.78 is 68.8. The molecule has 0 spiro atoms. The zero-order chi connectivity index (χ0) is 38.2. The van der Waals surface area contributed by atoms with Crippen molar-refractivity contribution < 1.29 is 31.3 Å². The number of sulfonamides is 1. The number of amides is 1. The maximum Gasteiger partial charge on any atom is 0.416 e. The van der Waals surface area contributed by atoms with Crippen LogP contribution in [0.2, 0.25) is 0 Å². The molecule has 1 fully saturated rings. The standard InChI is InChI=1S/C37H41F3N6O5S2/c1-43(2)19-18-29(26-52-31-9-4-3-5-10-31)41-34-17-16-32(24-35(34)46(48)49)53(50,51)42-36(47)27-12-14-30(15-13-27)45-22-20-44(21-23-45)25-28-8-6-7-11-33(28)37(38,39)40/h3-17,24,29,41H,18-23,25-26H2,1-2H3,(H,42,47)/t29-/m1/s1. The highest BCUT2D eigenvalue weighted by molar-refractivity contribution is 7.99. The van der Waals surface area contributed by atoms with Crippen LogP contribution in [0.3, 0.4) is 0 Å². The number of carbonyl (C=O) groups is 1. The van der Waals surface area contributed by atoms with E-state index in [1.54, 1.807) is 30.0 Å². The van der Waals surface area contributed by atoms with Gasteiger partial charge in [-0.2, -0.15) is 13.2 Å². The van der Waals surface area contributed by atoms with E-state index in [0.29, 0.717) is 38.4 Å². The predicted molar refractivity (Wildman–Crippen MR) is 201 cm³/mol. The molecule has 282 valence electrons. The number of benzene rings is 4. The zero-order valence-electron chi connectivity index (χ0n) is 29.3. The minimum absolute atomic E-state index is 0.0622. The van der Waals surface area contributed by atoms with Crippen LogP contribution in [0, 0.1) is 10.1 Å². The van der Waals surface area contributed by atoms with Gasteiger partial charge in [-0.1, -0.05) is 36.4 Å². The molecule has 1 aliphatic rings. The number of piperazine rings is 1. The Balaban J connectivity index is 1.20. The Kier molecular flexibility index (Phi) is 13.0. The van der Waals surface area contributed by atoms with Crippen molar-refractivity contribution in [3.63, 3.8) is 0 Å². The second kappa shape index (κ2) is 17.5. The van der Waals surface area contributed by atoms with Crippen molar-refractivity contribution in [3.05, 3.63) is 124 Å². The van der Waals surface area contributed by atoms with Crippen molar-refractivity contribution >= 4 is 44.8 Å². The number of thioether (sulfide) groups is 1.